The number of nitrogens with one attached hydrogen (secondary N) is 1. The van der Waals surface area contributed by atoms with Crippen LogP contribution in [0.15, 0.2) is 59.4 Å². The van der Waals surface area contributed by atoms with E-state index in [1.54, 1.807) is 29.7 Å². The topological polar surface area (TPSA) is 114 Å². The summed E-state index contributed by atoms with van der Waals surface area (Å²) in [6, 6.07) is 15.7. The highest BCUT2D eigenvalue weighted by atomic mass is 35.5. The Hall–Kier alpha value is -4.05. The van der Waals surface area contributed by atoms with E-state index in [9.17, 15) is 19.5 Å². The lowest BCUT2D eigenvalue weighted by Crippen LogP contribution is -2.47. The van der Waals surface area contributed by atoms with Gasteiger partial charge in [0, 0.05) is 34.6 Å². The molecule has 2 aromatic carbocycles. The summed E-state index contributed by atoms with van der Waals surface area (Å²) in [6.07, 6.45) is 0.722. The molecule has 0 spiro atoms. The minimum Gasteiger partial charge on any atom is -0.457 e. The molecule has 5 rings (SSSR count). The number of halogens is 1. The van der Waals surface area contributed by atoms with E-state index in [2.05, 4.69) is 12.2 Å². The van der Waals surface area contributed by atoms with Gasteiger partial charge in [0.15, 0.2) is 5.60 Å². The van der Waals surface area contributed by atoms with Gasteiger partial charge in [0.25, 0.3) is 11.5 Å². The molecule has 3 heterocycles. The fraction of sp³-hybridized carbons (Fsp3) is 0.333. The maximum atomic E-state index is 14.2. The highest BCUT2D eigenvalue weighted by molar-refractivity contribution is 6.30. The molecule has 0 saturated carbocycles. The number of para-hydroxylation sites is 1. The lowest BCUT2D eigenvalue weighted by atomic mass is 9.86. The molecule has 0 unspecified atom stereocenters. The molecule has 43 heavy (non-hydrogen) atoms. The lowest BCUT2D eigenvalue weighted by molar-refractivity contribution is -0.141. The number of pyridine rings is 2. The standard InChI is InChI=1S/C33H35ClN4O5/c1-5-22-23-9-7-8-10-27(23)36-29-24(22)18-38-28(29)17-26(33(42,6-2)32(41)35-15-16-37(3)4)25(30(38)39)19-43-31(40)20-11-13-21(34)14-12-20/h7-14,17,42H,5-6,15-16,18-19H2,1-4H3,(H,35,41)/t33-/m0/s1. The van der Waals surface area contributed by atoms with Gasteiger partial charge in [0.1, 0.15) is 6.61 Å². The molecule has 224 valence electrons. The molecular weight excluding hydrogens is 568 g/mol. The molecule has 0 aliphatic carbocycles. The molecular formula is C33H35ClN4O5. The highest BCUT2D eigenvalue weighted by Crippen LogP contribution is 2.38. The third-order valence-electron chi connectivity index (χ3n) is 8.03. The number of amides is 1. The van der Waals surface area contributed by atoms with Crippen LogP contribution in [0.5, 0.6) is 0 Å². The number of ether oxygens (including phenoxy) is 1. The molecule has 10 heteroatoms. The second kappa shape index (κ2) is 12.3. The number of benzene rings is 2. The number of aliphatic hydroxyl groups is 1. The number of hydrogen-bond acceptors (Lipinski definition) is 7. The summed E-state index contributed by atoms with van der Waals surface area (Å²) in [7, 11) is 3.76. The van der Waals surface area contributed by atoms with Crippen LogP contribution < -0.4 is 10.9 Å². The van der Waals surface area contributed by atoms with E-state index in [-0.39, 0.29) is 29.7 Å². The Morgan fingerprint density at radius 1 is 1.12 bits per heavy atom. The molecule has 0 fully saturated rings. The quantitative estimate of drug-likeness (QED) is 0.229. The van der Waals surface area contributed by atoms with E-state index >= 15 is 0 Å². The molecule has 9 nitrogen and oxygen atoms in total. The van der Waals surface area contributed by atoms with Gasteiger partial charge in [-0.25, -0.2) is 9.78 Å². The molecule has 4 aromatic rings. The average molecular weight is 603 g/mol. The van der Waals surface area contributed by atoms with Crippen molar-refractivity contribution in [1.29, 1.82) is 0 Å². The van der Waals surface area contributed by atoms with Crippen molar-refractivity contribution in [1.82, 2.24) is 19.8 Å². The van der Waals surface area contributed by atoms with Crippen LogP contribution >= 0.6 is 11.6 Å². The highest BCUT2D eigenvalue weighted by Gasteiger charge is 2.41. The van der Waals surface area contributed by atoms with Crippen molar-refractivity contribution in [3.63, 3.8) is 0 Å². The summed E-state index contributed by atoms with van der Waals surface area (Å²) < 4.78 is 7.18. The van der Waals surface area contributed by atoms with E-state index in [1.165, 1.54) is 12.1 Å². The molecule has 1 aliphatic heterocycles. The number of rotatable bonds is 10. The van der Waals surface area contributed by atoms with Gasteiger partial charge in [-0.15, -0.1) is 0 Å². The van der Waals surface area contributed by atoms with Crippen LogP contribution in [0.2, 0.25) is 5.02 Å². The Morgan fingerprint density at radius 2 is 1.84 bits per heavy atom. The largest absolute Gasteiger partial charge is 0.457 e. The maximum Gasteiger partial charge on any atom is 0.338 e. The Labute approximate surface area is 255 Å². The zero-order valence-corrected chi connectivity index (χ0v) is 25.5. The second-order valence-electron chi connectivity index (χ2n) is 11.0. The Balaban J connectivity index is 1.64. The fourth-order valence-electron chi connectivity index (χ4n) is 5.63. The second-order valence-corrected chi connectivity index (χ2v) is 11.4. The van der Waals surface area contributed by atoms with E-state index in [0.29, 0.717) is 29.5 Å². The van der Waals surface area contributed by atoms with Gasteiger partial charge in [0.05, 0.1) is 34.6 Å². The molecule has 0 bridgehead atoms. The molecule has 1 aliphatic rings. The molecule has 0 radical (unpaired) electrons. The van der Waals surface area contributed by atoms with Gasteiger partial charge in [-0.1, -0.05) is 43.6 Å². The molecule has 1 atom stereocenters. The van der Waals surface area contributed by atoms with Crippen LogP contribution in [-0.4, -0.2) is 58.6 Å². The first-order chi connectivity index (χ1) is 20.6. The van der Waals surface area contributed by atoms with Gasteiger partial charge in [-0.3, -0.25) is 9.59 Å². The van der Waals surface area contributed by atoms with Crippen LogP contribution in [0.3, 0.4) is 0 Å². The van der Waals surface area contributed by atoms with Crippen LogP contribution in [-0.2, 0) is 34.7 Å². The minimum atomic E-state index is -2.06. The van der Waals surface area contributed by atoms with Gasteiger partial charge in [-0.05, 0) is 68.9 Å². The van der Waals surface area contributed by atoms with Gasteiger partial charge in [0.2, 0.25) is 0 Å². The first-order valence-corrected chi connectivity index (χ1v) is 14.7. The number of aryl methyl sites for hydroxylation is 1. The van der Waals surface area contributed by atoms with Crippen LogP contribution in [0, 0.1) is 0 Å². The SMILES string of the molecule is CCc1c2c(nc3ccccc13)-c1cc([C@@](O)(CC)C(=O)NCCN(C)C)c(COC(=O)c3ccc(Cl)cc3)c(=O)n1C2. The summed E-state index contributed by atoms with van der Waals surface area (Å²) in [5.41, 5.74) is 1.85. The summed E-state index contributed by atoms with van der Waals surface area (Å²) in [6.45, 7) is 4.45. The van der Waals surface area contributed by atoms with E-state index in [4.69, 9.17) is 21.3 Å². The normalized spacial score (nSPS) is 13.5. The van der Waals surface area contributed by atoms with Crippen molar-refractivity contribution in [3.05, 3.63) is 97.8 Å². The van der Waals surface area contributed by atoms with Crippen molar-refractivity contribution in [2.75, 3.05) is 27.2 Å². The van der Waals surface area contributed by atoms with Gasteiger partial charge < -0.3 is 24.6 Å². The molecule has 2 aromatic heterocycles. The Kier molecular flexibility index (Phi) is 8.69. The van der Waals surface area contributed by atoms with Crippen molar-refractivity contribution in [2.45, 2.75) is 45.4 Å². The van der Waals surface area contributed by atoms with E-state index in [0.717, 1.165) is 28.5 Å². The zero-order chi connectivity index (χ0) is 30.9. The Bertz CT molecular complexity index is 1770. The minimum absolute atomic E-state index is 0.0139. The zero-order valence-electron chi connectivity index (χ0n) is 24.7. The fourth-order valence-corrected chi connectivity index (χ4v) is 5.76. The van der Waals surface area contributed by atoms with Crippen LogP contribution in [0.1, 0.15) is 52.9 Å². The summed E-state index contributed by atoms with van der Waals surface area (Å²) in [5, 5.41) is 16.2. The average Bonchev–Trinajstić information content (AvgIpc) is 3.37. The maximum absolute atomic E-state index is 14.2. The lowest BCUT2D eigenvalue weighted by Gasteiger charge is -2.29. The third-order valence-corrected chi connectivity index (χ3v) is 8.28. The summed E-state index contributed by atoms with van der Waals surface area (Å²) >= 11 is 5.96. The number of likely N-dealkylation sites (N-methyl/N-ethyl adjacent to an activating group) is 1. The van der Waals surface area contributed by atoms with Crippen molar-refractivity contribution in [3.8, 4) is 11.4 Å². The smallest absolute Gasteiger partial charge is 0.338 e. The number of aromatic nitrogens is 2. The van der Waals surface area contributed by atoms with E-state index in [1.807, 2.05) is 43.3 Å². The summed E-state index contributed by atoms with van der Waals surface area (Å²) in [5.74, 6) is -1.29. The van der Waals surface area contributed by atoms with E-state index < -0.39 is 29.6 Å². The number of esters is 1. The van der Waals surface area contributed by atoms with Crippen molar-refractivity contribution < 1.29 is 19.4 Å². The number of nitrogens with zero attached hydrogens (tertiary/aromatic N) is 3. The summed E-state index contributed by atoms with van der Waals surface area (Å²) in [4.78, 5) is 47.5. The molecule has 2 N–H and O–H groups in total. The third kappa shape index (κ3) is 5.68. The van der Waals surface area contributed by atoms with Crippen molar-refractivity contribution in [2.24, 2.45) is 0 Å². The molecule has 0 saturated heterocycles. The van der Waals surface area contributed by atoms with Gasteiger partial charge >= 0.3 is 5.97 Å². The molecule has 1 amide bonds. The van der Waals surface area contributed by atoms with Crippen LogP contribution in [0.4, 0.5) is 0 Å². The predicted octanol–water partition coefficient (Wildman–Crippen LogP) is 4.27. The number of carbonyl (C=O) groups excluding carboxylic acids is 2. The predicted molar refractivity (Wildman–Crippen MR) is 166 cm³/mol. The van der Waals surface area contributed by atoms with Crippen LogP contribution in [0.25, 0.3) is 22.3 Å². The number of fused-ring (bicyclic) bond motifs is 4. The number of hydrogen-bond donors (Lipinski definition) is 2. The number of carbonyl (C=O) groups is 2. The first kappa shape index (κ1) is 30.4. The first-order valence-electron chi connectivity index (χ1n) is 14.3. The monoisotopic (exact) mass is 602 g/mol. The van der Waals surface area contributed by atoms with Gasteiger partial charge in [-0.2, -0.15) is 0 Å². The van der Waals surface area contributed by atoms with Crippen molar-refractivity contribution >= 4 is 34.4 Å². The Morgan fingerprint density at radius 3 is 2.51 bits per heavy atom.